The van der Waals surface area contributed by atoms with Crippen molar-refractivity contribution < 1.29 is 23.6 Å². The largest absolute Gasteiger partial charge is 0.449 e. The van der Waals surface area contributed by atoms with Gasteiger partial charge in [-0.05, 0) is 43.5 Å². The summed E-state index contributed by atoms with van der Waals surface area (Å²) in [6, 6.07) is 7.56. The van der Waals surface area contributed by atoms with Gasteiger partial charge in [0.05, 0.1) is 21.1 Å². The van der Waals surface area contributed by atoms with Crippen LogP contribution in [-0.2, 0) is 9.53 Å². The van der Waals surface area contributed by atoms with Crippen molar-refractivity contribution in [2.45, 2.75) is 17.9 Å². The molecule has 10 heteroatoms. The van der Waals surface area contributed by atoms with Gasteiger partial charge in [-0.3, -0.25) is 14.9 Å². The van der Waals surface area contributed by atoms with E-state index in [4.69, 9.17) is 16.3 Å². The molecule has 1 amide bonds. The molecule has 2 aromatic carbocycles. The maximum absolute atomic E-state index is 13.7. The Balaban J connectivity index is 2.09. The molecule has 0 saturated heterocycles. The number of nitro benzene ring substituents is 1. The van der Waals surface area contributed by atoms with Gasteiger partial charge in [-0.1, -0.05) is 11.6 Å². The number of thioether (sulfide) groups is 1. The second-order valence-corrected chi connectivity index (χ2v) is 6.59. The summed E-state index contributed by atoms with van der Waals surface area (Å²) in [7, 11) is 0. The number of carbonyl (C=O) groups excluding carboxylic acids is 2. The molecule has 0 bridgehead atoms. The number of rotatable bonds is 6. The van der Waals surface area contributed by atoms with E-state index in [2.05, 4.69) is 5.32 Å². The van der Waals surface area contributed by atoms with Crippen molar-refractivity contribution >= 4 is 46.6 Å². The lowest BCUT2D eigenvalue weighted by Crippen LogP contribution is -2.30. The zero-order valence-corrected chi connectivity index (χ0v) is 15.8. The first-order valence-electron chi connectivity index (χ1n) is 7.52. The van der Waals surface area contributed by atoms with Crippen LogP contribution >= 0.6 is 23.4 Å². The van der Waals surface area contributed by atoms with Crippen LogP contribution in [-0.4, -0.2) is 29.2 Å². The van der Waals surface area contributed by atoms with Crippen molar-refractivity contribution in [3.05, 3.63) is 62.9 Å². The van der Waals surface area contributed by atoms with Crippen LogP contribution in [0.2, 0.25) is 5.02 Å². The summed E-state index contributed by atoms with van der Waals surface area (Å²) in [5.41, 5.74) is -0.429. The molecule has 0 aliphatic heterocycles. The Morgan fingerprint density at radius 2 is 2.00 bits per heavy atom. The normalized spacial score (nSPS) is 11.6. The summed E-state index contributed by atoms with van der Waals surface area (Å²) in [6.45, 7) is 1.30. The molecule has 1 atom stereocenters. The van der Waals surface area contributed by atoms with Crippen molar-refractivity contribution in [3.8, 4) is 0 Å². The molecule has 0 unspecified atom stereocenters. The Bertz CT molecular complexity index is 909. The minimum absolute atomic E-state index is 0.0724. The Hall–Kier alpha value is -2.65. The molecule has 0 aliphatic carbocycles. The van der Waals surface area contributed by atoms with E-state index in [-0.39, 0.29) is 22.0 Å². The first kappa shape index (κ1) is 20.7. The van der Waals surface area contributed by atoms with Gasteiger partial charge in [0.25, 0.3) is 11.6 Å². The van der Waals surface area contributed by atoms with E-state index in [1.54, 1.807) is 6.26 Å². The maximum Gasteiger partial charge on any atom is 0.339 e. The Labute approximate surface area is 163 Å². The third-order valence-corrected chi connectivity index (χ3v) is 4.47. The number of esters is 1. The molecule has 0 aromatic heterocycles. The lowest BCUT2D eigenvalue weighted by molar-refractivity contribution is -0.387. The molecule has 0 radical (unpaired) electrons. The number of amides is 1. The van der Waals surface area contributed by atoms with Crippen LogP contribution < -0.4 is 5.32 Å². The highest BCUT2D eigenvalue weighted by molar-refractivity contribution is 7.98. The number of hydrogen-bond donors (Lipinski definition) is 1. The number of halogens is 2. The number of nitrogens with one attached hydrogen (secondary N) is 1. The quantitative estimate of drug-likeness (QED) is 0.329. The monoisotopic (exact) mass is 412 g/mol. The smallest absolute Gasteiger partial charge is 0.339 e. The van der Waals surface area contributed by atoms with Crippen LogP contribution in [0.3, 0.4) is 0 Å². The van der Waals surface area contributed by atoms with Gasteiger partial charge in [-0.15, -0.1) is 11.8 Å². The van der Waals surface area contributed by atoms with Gasteiger partial charge in [-0.25, -0.2) is 9.18 Å². The average molecular weight is 413 g/mol. The Kier molecular flexibility index (Phi) is 6.75. The number of benzene rings is 2. The molecule has 2 rings (SSSR count). The zero-order chi connectivity index (χ0) is 20.1. The van der Waals surface area contributed by atoms with Crippen molar-refractivity contribution in [2.24, 2.45) is 0 Å². The lowest BCUT2D eigenvalue weighted by Gasteiger charge is -2.14. The summed E-state index contributed by atoms with van der Waals surface area (Å²) < 4.78 is 18.7. The summed E-state index contributed by atoms with van der Waals surface area (Å²) in [5, 5.41) is 13.5. The molecule has 0 fully saturated rings. The molecule has 0 aliphatic rings. The minimum Gasteiger partial charge on any atom is -0.449 e. The summed E-state index contributed by atoms with van der Waals surface area (Å²) in [5.74, 6) is -2.41. The van der Waals surface area contributed by atoms with Crippen molar-refractivity contribution in [3.63, 3.8) is 0 Å². The zero-order valence-electron chi connectivity index (χ0n) is 14.2. The van der Waals surface area contributed by atoms with Crippen molar-refractivity contribution in [1.29, 1.82) is 0 Å². The molecule has 0 heterocycles. The summed E-state index contributed by atoms with van der Waals surface area (Å²) in [6.07, 6.45) is 0.412. The number of nitro groups is 1. The summed E-state index contributed by atoms with van der Waals surface area (Å²) in [4.78, 5) is 35.1. The fourth-order valence-corrected chi connectivity index (χ4v) is 2.77. The van der Waals surface area contributed by atoms with Gasteiger partial charge >= 0.3 is 5.97 Å². The van der Waals surface area contributed by atoms with Crippen molar-refractivity contribution in [1.82, 2.24) is 0 Å². The first-order valence-corrected chi connectivity index (χ1v) is 9.12. The van der Waals surface area contributed by atoms with Gasteiger partial charge in [-0.2, -0.15) is 0 Å². The van der Waals surface area contributed by atoms with Crippen molar-refractivity contribution in [2.75, 3.05) is 11.6 Å². The topological polar surface area (TPSA) is 98.5 Å². The van der Waals surface area contributed by atoms with Gasteiger partial charge in [0, 0.05) is 11.1 Å². The van der Waals surface area contributed by atoms with E-state index in [0.29, 0.717) is 4.90 Å². The van der Waals surface area contributed by atoms with E-state index in [9.17, 15) is 24.1 Å². The predicted octanol–water partition coefficient (Wildman–Crippen LogP) is 4.29. The maximum atomic E-state index is 13.7. The molecule has 0 spiro atoms. The van der Waals surface area contributed by atoms with Gasteiger partial charge in [0.15, 0.2) is 6.10 Å². The number of nitrogens with zero attached hydrogens (tertiary/aromatic N) is 1. The van der Waals surface area contributed by atoms with Crippen LogP contribution in [0.25, 0.3) is 0 Å². The third-order valence-electron chi connectivity index (χ3n) is 3.45. The molecular formula is C17H14ClFN2O5S. The third kappa shape index (κ3) is 5.18. The van der Waals surface area contributed by atoms with E-state index >= 15 is 0 Å². The number of anilines is 1. The molecule has 27 heavy (non-hydrogen) atoms. The standard InChI is InChI=1S/C17H14ClFN2O5S/c1-9(16(22)20-13-5-4-11(18)8-12(13)19)26-17(23)10-3-6-15(27-2)14(7-10)21(24)25/h3-9H,1-2H3,(H,20,22)/t9-/m1/s1. The van der Waals surface area contributed by atoms with Gasteiger partial charge in [0.2, 0.25) is 0 Å². The highest BCUT2D eigenvalue weighted by Crippen LogP contribution is 2.28. The molecular weight excluding hydrogens is 399 g/mol. The van der Waals surface area contributed by atoms with Crippen LogP contribution in [0.4, 0.5) is 15.8 Å². The Morgan fingerprint density at radius 1 is 1.30 bits per heavy atom. The molecule has 7 nitrogen and oxygen atoms in total. The van der Waals surface area contributed by atoms with Crippen LogP contribution in [0, 0.1) is 15.9 Å². The fraction of sp³-hybridized carbons (Fsp3) is 0.176. The molecule has 142 valence electrons. The second kappa shape index (κ2) is 8.83. The van der Waals surface area contributed by atoms with Gasteiger partial charge < -0.3 is 10.1 Å². The average Bonchev–Trinajstić information content (AvgIpc) is 2.63. The SMILES string of the molecule is CSc1ccc(C(=O)O[C@H](C)C(=O)Nc2ccc(Cl)cc2F)cc1[N+](=O)[O-]. The van der Waals surface area contributed by atoms with E-state index in [1.165, 1.54) is 31.2 Å². The van der Waals surface area contributed by atoms with E-state index in [1.807, 2.05) is 0 Å². The predicted molar refractivity (Wildman–Crippen MR) is 99.8 cm³/mol. The van der Waals surface area contributed by atoms with E-state index < -0.39 is 28.7 Å². The lowest BCUT2D eigenvalue weighted by atomic mass is 10.2. The number of carbonyl (C=O) groups is 2. The number of hydrogen-bond acceptors (Lipinski definition) is 6. The van der Waals surface area contributed by atoms with Crippen LogP contribution in [0.5, 0.6) is 0 Å². The molecule has 2 aromatic rings. The molecule has 1 N–H and O–H groups in total. The second-order valence-electron chi connectivity index (χ2n) is 5.30. The number of ether oxygens (including phenoxy) is 1. The fourth-order valence-electron chi connectivity index (χ4n) is 2.07. The van der Waals surface area contributed by atoms with Gasteiger partial charge in [0.1, 0.15) is 5.82 Å². The van der Waals surface area contributed by atoms with E-state index in [0.717, 1.165) is 23.9 Å². The summed E-state index contributed by atoms with van der Waals surface area (Å²) >= 11 is 6.80. The highest BCUT2D eigenvalue weighted by atomic mass is 35.5. The molecule has 0 saturated carbocycles. The Morgan fingerprint density at radius 3 is 2.59 bits per heavy atom. The van der Waals surface area contributed by atoms with Crippen LogP contribution in [0.1, 0.15) is 17.3 Å². The first-order chi connectivity index (χ1) is 12.7. The minimum atomic E-state index is -1.26. The highest BCUT2D eigenvalue weighted by Gasteiger charge is 2.23. The van der Waals surface area contributed by atoms with Crippen LogP contribution in [0.15, 0.2) is 41.3 Å².